The highest BCUT2D eigenvalue weighted by Gasteiger charge is 2.11. The Hall–Kier alpha value is -2.04. The second-order valence-electron chi connectivity index (χ2n) is 2.89. The lowest BCUT2D eigenvalue weighted by Crippen LogP contribution is -1.94. The highest BCUT2D eigenvalue weighted by molar-refractivity contribution is 5.62. The molecule has 5 nitrogen and oxygen atoms in total. The number of aromatic nitrogens is 2. The zero-order valence-electron chi connectivity index (χ0n) is 8.30. The number of nitrogen functional groups attached to an aromatic ring is 1. The topological polar surface area (TPSA) is 74.2 Å². The minimum Gasteiger partial charge on any atom is -0.493 e. The molecule has 0 saturated carbocycles. The zero-order chi connectivity index (χ0) is 10.7. The Balaban J connectivity index is 2.42. The fraction of sp³-hybridized carbons (Fsp3) is 0.200. The minimum atomic E-state index is 0.122. The predicted molar refractivity (Wildman–Crippen MR) is 55.3 cm³/mol. The molecule has 0 aliphatic heterocycles. The van der Waals surface area contributed by atoms with Crippen LogP contribution in [0.5, 0.6) is 5.75 Å². The van der Waals surface area contributed by atoms with Gasteiger partial charge in [-0.25, -0.2) is 0 Å². The van der Waals surface area contributed by atoms with Crippen molar-refractivity contribution in [1.29, 1.82) is 0 Å². The Bertz CT molecular complexity index is 453. The molecule has 1 aromatic carbocycles. The molecular formula is C10H11N3O2. The summed E-state index contributed by atoms with van der Waals surface area (Å²) in [5.74, 6) is 1.21. The summed E-state index contributed by atoms with van der Waals surface area (Å²) in [4.78, 5) is 3.94. The zero-order valence-corrected chi connectivity index (χ0v) is 8.30. The SMILES string of the molecule is CCOc1ccccc1-c1nc(N)no1. The first-order valence-corrected chi connectivity index (χ1v) is 4.62. The van der Waals surface area contributed by atoms with Gasteiger partial charge in [0.15, 0.2) is 0 Å². The lowest BCUT2D eigenvalue weighted by molar-refractivity contribution is 0.339. The van der Waals surface area contributed by atoms with Crippen LogP contribution in [0.25, 0.3) is 11.5 Å². The minimum absolute atomic E-state index is 0.122. The number of benzene rings is 1. The lowest BCUT2D eigenvalue weighted by atomic mass is 10.2. The van der Waals surface area contributed by atoms with E-state index in [9.17, 15) is 0 Å². The molecule has 0 atom stereocenters. The third-order valence-electron chi connectivity index (χ3n) is 1.86. The first-order chi connectivity index (χ1) is 7.31. The maximum absolute atomic E-state index is 5.43. The number of hydrogen-bond donors (Lipinski definition) is 1. The van der Waals surface area contributed by atoms with E-state index < -0.39 is 0 Å². The molecule has 2 rings (SSSR count). The Morgan fingerprint density at radius 1 is 1.40 bits per heavy atom. The summed E-state index contributed by atoms with van der Waals surface area (Å²) in [5, 5.41) is 3.53. The Labute approximate surface area is 86.9 Å². The molecule has 2 aromatic rings. The molecule has 0 spiro atoms. The first-order valence-electron chi connectivity index (χ1n) is 4.62. The lowest BCUT2D eigenvalue weighted by Gasteiger charge is -2.05. The van der Waals surface area contributed by atoms with Crippen LogP contribution in [-0.2, 0) is 0 Å². The summed E-state index contributed by atoms with van der Waals surface area (Å²) >= 11 is 0. The van der Waals surface area contributed by atoms with Crippen molar-refractivity contribution in [2.45, 2.75) is 6.92 Å². The molecule has 0 aliphatic rings. The standard InChI is InChI=1S/C10H11N3O2/c1-2-14-8-6-4-3-5-7(8)9-12-10(11)13-15-9/h3-6H,2H2,1H3,(H2,11,13). The average Bonchev–Trinajstić information content (AvgIpc) is 2.66. The van der Waals surface area contributed by atoms with Crippen LogP contribution in [0.4, 0.5) is 5.95 Å². The van der Waals surface area contributed by atoms with E-state index in [1.54, 1.807) is 0 Å². The van der Waals surface area contributed by atoms with E-state index in [4.69, 9.17) is 15.0 Å². The quantitative estimate of drug-likeness (QED) is 0.825. The van der Waals surface area contributed by atoms with Crippen molar-refractivity contribution in [3.63, 3.8) is 0 Å². The van der Waals surface area contributed by atoms with E-state index in [0.717, 1.165) is 5.56 Å². The van der Waals surface area contributed by atoms with E-state index in [1.165, 1.54) is 0 Å². The van der Waals surface area contributed by atoms with E-state index in [1.807, 2.05) is 31.2 Å². The van der Waals surface area contributed by atoms with E-state index in [-0.39, 0.29) is 5.95 Å². The van der Waals surface area contributed by atoms with Crippen molar-refractivity contribution in [2.24, 2.45) is 0 Å². The van der Waals surface area contributed by atoms with Gasteiger partial charge < -0.3 is 15.0 Å². The van der Waals surface area contributed by atoms with Crippen molar-refractivity contribution in [1.82, 2.24) is 10.1 Å². The van der Waals surface area contributed by atoms with Gasteiger partial charge in [0, 0.05) is 0 Å². The molecule has 1 heterocycles. The third-order valence-corrected chi connectivity index (χ3v) is 1.86. The largest absolute Gasteiger partial charge is 0.493 e. The maximum Gasteiger partial charge on any atom is 0.263 e. The van der Waals surface area contributed by atoms with Crippen molar-refractivity contribution < 1.29 is 9.26 Å². The van der Waals surface area contributed by atoms with Gasteiger partial charge in [-0.15, -0.1) is 0 Å². The van der Waals surface area contributed by atoms with E-state index in [2.05, 4.69) is 10.1 Å². The summed E-state index contributed by atoms with van der Waals surface area (Å²) in [6, 6.07) is 7.45. The van der Waals surface area contributed by atoms with Gasteiger partial charge in [-0.05, 0) is 24.2 Å². The van der Waals surface area contributed by atoms with Gasteiger partial charge in [0.25, 0.3) is 11.8 Å². The van der Waals surface area contributed by atoms with E-state index in [0.29, 0.717) is 18.2 Å². The van der Waals surface area contributed by atoms with Crippen LogP contribution in [0.15, 0.2) is 28.8 Å². The summed E-state index contributed by atoms with van der Waals surface area (Å²) in [6.45, 7) is 2.50. The van der Waals surface area contributed by atoms with E-state index >= 15 is 0 Å². The number of nitrogens with zero attached hydrogens (tertiary/aromatic N) is 2. The van der Waals surface area contributed by atoms with Crippen molar-refractivity contribution >= 4 is 5.95 Å². The smallest absolute Gasteiger partial charge is 0.263 e. The van der Waals surface area contributed by atoms with Gasteiger partial charge in [0.1, 0.15) is 5.75 Å². The molecule has 1 aromatic heterocycles. The second kappa shape index (κ2) is 4.00. The van der Waals surface area contributed by atoms with Crippen molar-refractivity contribution in [3.8, 4) is 17.2 Å². The average molecular weight is 205 g/mol. The molecule has 0 unspecified atom stereocenters. The maximum atomic E-state index is 5.43. The second-order valence-corrected chi connectivity index (χ2v) is 2.89. The van der Waals surface area contributed by atoms with Crippen LogP contribution in [-0.4, -0.2) is 16.7 Å². The molecule has 0 fully saturated rings. The molecule has 5 heteroatoms. The Kier molecular flexibility index (Phi) is 2.53. The normalized spacial score (nSPS) is 10.2. The molecule has 2 N–H and O–H groups in total. The van der Waals surface area contributed by atoms with Crippen LogP contribution in [0.2, 0.25) is 0 Å². The molecule has 0 bridgehead atoms. The van der Waals surface area contributed by atoms with Gasteiger partial charge in [-0.2, -0.15) is 4.98 Å². The molecule has 0 radical (unpaired) electrons. The Morgan fingerprint density at radius 2 is 2.20 bits per heavy atom. The van der Waals surface area contributed by atoms with Crippen LogP contribution in [0.3, 0.4) is 0 Å². The third kappa shape index (κ3) is 1.90. The number of hydrogen-bond acceptors (Lipinski definition) is 5. The summed E-state index contributed by atoms with van der Waals surface area (Å²) < 4.78 is 10.4. The summed E-state index contributed by atoms with van der Waals surface area (Å²) in [5.41, 5.74) is 6.14. The number of para-hydroxylation sites is 1. The number of ether oxygens (including phenoxy) is 1. The van der Waals surface area contributed by atoms with Gasteiger partial charge in [0.2, 0.25) is 0 Å². The summed E-state index contributed by atoms with van der Waals surface area (Å²) in [7, 11) is 0. The number of rotatable bonds is 3. The first kappa shape index (κ1) is 9.51. The van der Waals surface area contributed by atoms with Gasteiger partial charge in [-0.3, -0.25) is 0 Å². The number of nitrogens with two attached hydrogens (primary N) is 1. The van der Waals surface area contributed by atoms with Crippen molar-refractivity contribution in [2.75, 3.05) is 12.3 Å². The fourth-order valence-electron chi connectivity index (χ4n) is 1.27. The Morgan fingerprint density at radius 3 is 2.87 bits per heavy atom. The molecule has 0 saturated heterocycles. The summed E-state index contributed by atoms with van der Waals surface area (Å²) in [6.07, 6.45) is 0. The fourth-order valence-corrected chi connectivity index (χ4v) is 1.27. The van der Waals surface area contributed by atoms with Gasteiger partial charge in [-0.1, -0.05) is 12.1 Å². The van der Waals surface area contributed by atoms with Crippen LogP contribution in [0.1, 0.15) is 6.92 Å². The van der Waals surface area contributed by atoms with Crippen LogP contribution >= 0.6 is 0 Å². The molecule has 0 amide bonds. The monoisotopic (exact) mass is 205 g/mol. The molecule has 15 heavy (non-hydrogen) atoms. The van der Waals surface area contributed by atoms with Crippen molar-refractivity contribution in [3.05, 3.63) is 24.3 Å². The van der Waals surface area contributed by atoms with Gasteiger partial charge >= 0.3 is 0 Å². The molecular weight excluding hydrogens is 194 g/mol. The highest BCUT2D eigenvalue weighted by Crippen LogP contribution is 2.28. The van der Waals surface area contributed by atoms with Crippen LogP contribution < -0.4 is 10.5 Å². The van der Waals surface area contributed by atoms with Gasteiger partial charge in [0.05, 0.1) is 12.2 Å². The predicted octanol–water partition coefficient (Wildman–Crippen LogP) is 1.72. The molecule has 78 valence electrons. The molecule has 0 aliphatic carbocycles. The number of anilines is 1. The van der Waals surface area contributed by atoms with Crippen LogP contribution in [0, 0.1) is 0 Å². The highest BCUT2D eigenvalue weighted by atomic mass is 16.5.